The van der Waals surface area contributed by atoms with Gasteiger partial charge in [-0.15, -0.1) is 0 Å². The Morgan fingerprint density at radius 1 is 1.05 bits per heavy atom. The zero-order chi connectivity index (χ0) is 28.6. The van der Waals surface area contributed by atoms with Gasteiger partial charge in [-0.3, -0.25) is 14.2 Å². The number of rotatable bonds is 7. The summed E-state index contributed by atoms with van der Waals surface area (Å²) in [6.07, 6.45) is 1.63. The molecule has 206 valence electrons. The molecule has 0 radical (unpaired) electrons. The number of allylic oxidation sites excluding steroid dienone is 1. The van der Waals surface area contributed by atoms with Gasteiger partial charge in [0.15, 0.2) is 16.3 Å². The summed E-state index contributed by atoms with van der Waals surface area (Å²) in [7, 11) is 3.05. The lowest BCUT2D eigenvalue weighted by atomic mass is 9.95. The van der Waals surface area contributed by atoms with Crippen LogP contribution >= 0.6 is 11.3 Å². The smallest absolute Gasteiger partial charge is 0.338 e. The molecule has 2 aromatic carbocycles. The molecule has 10 nitrogen and oxygen atoms in total. The molecule has 2 aliphatic rings. The second kappa shape index (κ2) is 10.9. The number of esters is 1. The van der Waals surface area contributed by atoms with E-state index in [1.165, 1.54) is 23.8 Å². The Balaban J connectivity index is 1.65. The molecule has 0 unspecified atom stereocenters. The van der Waals surface area contributed by atoms with Crippen LogP contribution in [0.15, 0.2) is 74.7 Å². The average molecular weight is 561 g/mol. The number of hydrogen-bond acceptors (Lipinski definition) is 9. The third-order valence-corrected chi connectivity index (χ3v) is 7.74. The van der Waals surface area contributed by atoms with Crippen LogP contribution in [0.4, 0.5) is 5.69 Å². The van der Waals surface area contributed by atoms with Crippen molar-refractivity contribution < 1.29 is 23.8 Å². The van der Waals surface area contributed by atoms with Crippen molar-refractivity contribution in [2.75, 3.05) is 25.8 Å². The van der Waals surface area contributed by atoms with Crippen LogP contribution in [0.1, 0.15) is 32.4 Å². The van der Waals surface area contributed by atoms with Gasteiger partial charge < -0.3 is 14.2 Å². The Bertz CT molecular complexity index is 1740. The highest BCUT2D eigenvalue weighted by Crippen LogP contribution is 2.36. The summed E-state index contributed by atoms with van der Waals surface area (Å²) in [5, 5.41) is 5.79. The minimum absolute atomic E-state index is 0.166. The lowest BCUT2D eigenvalue weighted by molar-refractivity contribution is -0.139. The van der Waals surface area contributed by atoms with Crippen molar-refractivity contribution in [3.8, 4) is 11.5 Å². The molecular weight excluding hydrogens is 532 g/mol. The Morgan fingerprint density at radius 3 is 2.45 bits per heavy atom. The summed E-state index contributed by atoms with van der Waals surface area (Å²) in [6, 6.07) is 13.5. The number of benzene rings is 2. The summed E-state index contributed by atoms with van der Waals surface area (Å²) < 4.78 is 18.0. The van der Waals surface area contributed by atoms with Crippen LogP contribution in [0.25, 0.3) is 6.08 Å². The number of thiazole rings is 1. The van der Waals surface area contributed by atoms with E-state index in [1.807, 2.05) is 18.2 Å². The number of methoxy groups -OCH3 is 2. The van der Waals surface area contributed by atoms with Crippen LogP contribution in [0.5, 0.6) is 11.5 Å². The number of aromatic nitrogens is 1. The Kier molecular flexibility index (Phi) is 7.40. The highest BCUT2D eigenvalue weighted by molar-refractivity contribution is 7.07. The molecule has 11 heteroatoms. The van der Waals surface area contributed by atoms with Gasteiger partial charge in [-0.25, -0.2) is 9.79 Å². The van der Waals surface area contributed by atoms with E-state index >= 15 is 0 Å². The molecule has 0 aliphatic carbocycles. The molecular formula is C29H28N4O6S. The third kappa shape index (κ3) is 4.62. The van der Waals surface area contributed by atoms with Crippen molar-refractivity contribution >= 4 is 40.7 Å². The maximum atomic E-state index is 13.9. The number of anilines is 1. The van der Waals surface area contributed by atoms with Crippen LogP contribution in [0.3, 0.4) is 0 Å². The standard InChI is InChI=1S/C29H28N4O6S/c1-6-39-28(36)24-17(3)30-29-32(25(24)18-12-13-21(37-4)22(14-18)38-5)27(35)23(40-29)15-20-16(2)31-33(26(20)34)19-10-8-7-9-11-19/h7-15,20,25H,6H2,1-5H3/b23-15+/t20-,25-/m1/s1. The molecule has 2 aliphatic heterocycles. The van der Waals surface area contributed by atoms with Gasteiger partial charge in [-0.05, 0) is 56.7 Å². The third-order valence-electron chi connectivity index (χ3n) is 6.74. The Labute approximate surface area is 234 Å². The number of ether oxygens (including phenoxy) is 3. The van der Waals surface area contributed by atoms with Gasteiger partial charge in [0.2, 0.25) is 0 Å². The molecule has 1 amide bonds. The van der Waals surface area contributed by atoms with Crippen LogP contribution in [-0.2, 0) is 14.3 Å². The van der Waals surface area contributed by atoms with Gasteiger partial charge >= 0.3 is 5.97 Å². The number of amides is 1. The molecule has 0 bridgehead atoms. The summed E-state index contributed by atoms with van der Waals surface area (Å²) in [5.74, 6) is -0.578. The van der Waals surface area contributed by atoms with Crippen molar-refractivity contribution in [1.82, 2.24) is 4.57 Å². The molecule has 5 rings (SSSR count). The molecule has 2 atom stereocenters. The first-order valence-electron chi connectivity index (χ1n) is 12.6. The number of carbonyl (C=O) groups excluding carboxylic acids is 2. The predicted octanol–water partition coefficient (Wildman–Crippen LogP) is 2.81. The number of para-hydroxylation sites is 1. The van der Waals surface area contributed by atoms with Gasteiger partial charge in [-0.2, -0.15) is 10.1 Å². The number of nitrogens with zero attached hydrogens (tertiary/aromatic N) is 4. The van der Waals surface area contributed by atoms with E-state index in [2.05, 4.69) is 10.1 Å². The Hall–Kier alpha value is -4.51. The second-order valence-corrected chi connectivity index (χ2v) is 10.2. The van der Waals surface area contributed by atoms with E-state index in [-0.39, 0.29) is 23.6 Å². The summed E-state index contributed by atoms with van der Waals surface area (Å²) in [5.41, 5.74) is 2.14. The van der Waals surface area contributed by atoms with Crippen molar-refractivity contribution in [3.05, 3.63) is 85.1 Å². The normalized spacial score (nSPS) is 18.8. The molecule has 1 aromatic heterocycles. The minimum Gasteiger partial charge on any atom is -0.493 e. The lowest BCUT2D eigenvalue weighted by Crippen LogP contribution is -2.40. The Morgan fingerprint density at radius 2 is 1.77 bits per heavy atom. The van der Waals surface area contributed by atoms with Crippen LogP contribution < -0.4 is 29.4 Å². The van der Waals surface area contributed by atoms with Crippen molar-refractivity contribution in [2.24, 2.45) is 16.0 Å². The SMILES string of the molecule is CCOC(=O)C1=C(C)N=c2s/c(=C/[C@H]3C(=O)N(c4ccccc4)N=C3C)c(=O)n2[C@@H]1c1ccc(OC)c(OC)c1. The highest BCUT2D eigenvalue weighted by atomic mass is 32.1. The summed E-state index contributed by atoms with van der Waals surface area (Å²) in [4.78, 5) is 45.4. The zero-order valence-corrected chi connectivity index (χ0v) is 23.5. The fourth-order valence-electron chi connectivity index (χ4n) is 4.82. The second-order valence-electron chi connectivity index (χ2n) is 9.14. The van der Waals surface area contributed by atoms with Crippen LogP contribution in [-0.4, -0.2) is 43.0 Å². The van der Waals surface area contributed by atoms with Crippen molar-refractivity contribution in [3.63, 3.8) is 0 Å². The van der Waals surface area contributed by atoms with E-state index in [9.17, 15) is 14.4 Å². The zero-order valence-electron chi connectivity index (χ0n) is 22.7. The first kappa shape index (κ1) is 27.1. The van der Waals surface area contributed by atoms with Gasteiger partial charge in [-0.1, -0.05) is 35.6 Å². The summed E-state index contributed by atoms with van der Waals surface area (Å²) >= 11 is 1.16. The monoisotopic (exact) mass is 560 g/mol. The van der Waals surface area contributed by atoms with E-state index in [0.717, 1.165) is 11.3 Å². The van der Waals surface area contributed by atoms with Crippen LogP contribution in [0.2, 0.25) is 0 Å². The topological polar surface area (TPSA) is 112 Å². The van der Waals surface area contributed by atoms with Gasteiger partial charge in [0.1, 0.15) is 5.92 Å². The molecule has 0 saturated carbocycles. The van der Waals surface area contributed by atoms with Crippen LogP contribution in [0, 0.1) is 5.92 Å². The quantitative estimate of drug-likeness (QED) is 0.411. The van der Waals surface area contributed by atoms with Crippen molar-refractivity contribution in [2.45, 2.75) is 26.8 Å². The molecule has 0 N–H and O–H groups in total. The summed E-state index contributed by atoms with van der Waals surface area (Å²) in [6.45, 7) is 5.36. The molecule has 0 saturated heterocycles. The number of hydrazone groups is 1. The number of fused-ring (bicyclic) bond motifs is 1. The average Bonchev–Trinajstić information content (AvgIpc) is 3.42. The van der Waals surface area contributed by atoms with Gasteiger partial charge in [0, 0.05) is 0 Å². The predicted molar refractivity (Wildman–Crippen MR) is 151 cm³/mol. The van der Waals surface area contributed by atoms with Gasteiger partial charge in [0.05, 0.1) is 54.1 Å². The number of hydrogen-bond donors (Lipinski definition) is 0. The number of carbonyl (C=O) groups is 2. The lowest BCUT2D eigenvalue weighted by Gasteiger charge is -2.25. The van der Waals surface area contributed by atoms with E-state index in [1.54, 1.807) is 57.2 Å². The highest BCUT2D eigenvalue weighted by Gasteiger charge is 2.36. The van der Waals surface area contributed by atoms with Gasteiger partial charge in [0.25, 0.3) is 11.5 Å². The fourth-order valence-corrected chi connectivity index (χ4v) is 5.88. The largest absolute Gasteiger partial charge is 0.493 e. The first-order chi connectivity index (χ1) is 19.3. The maximum Gasteiger partial charge on any atom is 0.338 e. The van der Waals surface area contributed by atoms with E-state index in [0.29, 0.717) is 43.5 Å². The molecule has 3 aromatic rings. The molecule has 40 heavy (non-hydrogen) atoms. The molecule has 3 heterocycles. The molecule has 0 fully saturated rings. The maximum absolute atomic E-state index is 13.9. The minimum atomic E-state index is -0.827. The first-order valence-corrected chi connectivity index (χ1v) is 13.5. The van der Waals surface area contributed by atoms with Crippen molar-refractivity contribution in [1.29, 1.82) is 0 Å². The van der Waals surface area contributed by atoms with E-state index in [4.69, 9.17) is 14.2 Å². The fraction of sp³-hybridized carbons (Fsp3) is 0.276. The molecule has 0 spiro atoms. The van der Waals surface area contributed by atoms with E-state index < -0.39 is 17.9 Å².